The molecule has 3 aromatic carbocycles. The fourth-order valence-corrected chi connectivity index (χ4v) is 6.22. The van der Waals surface area contributed by atoms with Crippen LogP contribution in [-0.4, -0.2) is 27.7 Å². The highest BCUT2D eigenvalue weighted by atomic mass is 28.3. The van der Waals surface area contributed by atoms with Gasteiger partial charge in [-0.1, -0.05) is 63.8 Å². The molecule has 5 heteroatoms. The minimum absolute atomic E-state index is 0.0347. The summed E-state index contributed by atoms with van der Waals surface area (Å²) in [7, 11) is 0.387. The molecule has 0 saturated heterocycles. The molecule has 1 N–H and O–H groups in total. The van der Waals surface area contributed by atoms with Gasteiger partial charge in [0, 0.05) is 24.4 Å². The van der Waals surface area contributed by atoms with Gasteiger partial charge in [0.05, 0.1) is 30.4 Å². The third kappa shape index (κ3) is 5.16. The van der Waals surface area contributed by atoms with Crippen LogP contribution in [0.3, 0.4) is 0 Å². The molecule has 0 amide bonds. The minimum atomic E-state index is -1.66. The molecule has 0 aliphatic rings. The Balaban J connectivity index is 1.85. The van der Waals surface area contributed by atoms with E-state index in [0.29, 0.717) is 0 Å². The van der Waals surface area contributed by atoms with Crippen LogP contribution in [0.25, 0.3) is 44.8 Å². The molecule has 5 aromatic rings. The van der Waals surface area contributed by atoms with Crippen molar-refractivity contribution in [2.24, 2.45) is 7.05 Å². The molecule has 2 aromatic heterocycles. The molecule has 0 saturated carbocycles. The molecule has 4 nitrogen and oxygen atoms in total. The number of hydrogen-bond donors (Lipinski definition) is 1. The lowest BCUT2D eigenvalue weighted by molar-refractivity contribution is 0.476. The quantitative estimate of drug-likeness (QED) is 0.237. The molecule has 5 rings (SSSR count). The van der Waals surface area contributed by atoms with Gasteiger partial charge in [-0.2, -0.15) is 0 Å². The number of rotatable bonds is 4. The number of phenols is 1. The highest BCUT2D eigenvalue weighted by molar-refractivity contribution is 6.88. The predicted octanol–water partition coefficient (Wildman–Crippen LogP) is 8.13. The molecule has 0 atom stereocenters. The number of benzene rings is 3. The summed E-state index contributed by atoms with van der Waals surface area (Å²) in [5.74, 6) is 1.02. The molecule has 0 unspecified atom stereocenters. The van der Waals surface area contributed by atoms with E-state index in [9.17, 15) is 5.11 Å². The van der Waals surface area contributed by atoms with E-state index in [4.69, 9.17) is 9.97 Å². The lowest BCUT2D eigenvalue weighted by Gasteiger charge is -2.23. The number of aromatic nitrogens is 3. The van der Waals surface area contributed by atoms with Crippen molar-refractivity contribution in [1.29, 1.82) is 0 Å². The van der Waals surface area contributed by atoms with Crippen molar-refractivity contribution in [3.8, 4) is 39.5 Å². The number of aromatic hydroxyl groups is 1. The lowest BCUT2D eigenvalue weighted by atomic mass is 9.83. The number of imidazole rings is 1. The Morgan fingerprint density at radius 3 is 2.13 bits per heavy atom. The van der Waals surface area contributed by atoms with Gasteiger partial charge < -0.3 is 9.67 Å². The van der Waals surface area contributed by atoms with Crippen molar-refractivity contribution in [3.05, 3.63) is 83.6 Å². The van der Waals surface area contributed by atoms with Crippen LogP contribution < -0.4 is 5.19 Å². The molecular weight excluding hydrogens is 494 g/mol. The van der Waals surface area contributed by atoms with Crippen molar-refractivity contribution in [3.63, 3.8) is 0 Å². The normalized spacial score (nSPS) is 12.3. The fraction of sp³-hybridized carbons (Fsp3) is 0.294. The Kier molecular flexibility index (Phi) is 6.54. The zero-order chi connectivity index (χ0) is 28.3. The maximum Gasteiger partial charge on any atom is 0.144 e. The van der Waals surface area contributed by atoms with Crippen LogP contribution in [0.5, 0.6) is 5.75 Å². The van der Waals surface area contributed by atoms with E-state index in [1.165, 1.54) is 16.3 Å². The predicted molar refractivity (Wildman–Crippen MR) is 168 cm³/mol. The number of pyridine rings is 1. The highest BCUT2D eigenvalue weighted by Gasteiger charge is 2.24. The Bertz CT molecular complexity index is 1720. The van der Waals surface area contributed by atoms with Crippen molar-refractivity contribution in [2.75, 3.05) is 0 Å². The Labute approximate surface area is 233 Å². The molecular formula is C34H39N3OSi. The monoisotopic (exact) mass is 533 g/mol. The first-order valence-electron chi connectivity index (χ1n) is 13.6. The smallest absolute Gasteiger partial charge is 0.144 e. The molecule has 0 radical (unpaired) electrons. The molecule has 0 fully saturated rings. The summed E-state index contributed by atoms with van der Waals surface area (Å²) in [5, 5.41) is 12.2. The van der Waals surface area contributed by atoms with Gasteiger partial charge in [0.1, 0.15) is 11.6 Å². The van der Waals surface area contributed by atoms with E-state index in [2.05, 4.69) is 95.3 Å². The van der Waals surface area contributed by atoms with Crippen LogP contribution in [0, 0.1) is 13.8 Å². The molecule has 0 aliphatic heterocycles. The maximum absolute atomic E-state index is 10.8. The van der Waals surface area contributed by atoms with Crippen LogP contribution in [0.1, 0.15) is 37.5 Å². The second kappa shape index (κ2) is 9.49. The number of hydrogen-bond acceptors (Lipinski definition) is 3. The van der Waals surface area contributed by atoms with Gasteiger partial charge >= 0.3 is 0 Å². The van der Waals surface area contributed by atoms with E-state index in [1.54, 1.807) is 6.07 Å². The van der Waals surface area contributed by atoms with Gasteiger partial charge in [0.15, 0.2) is 0 Å². The lowest BCUT2D eigenvalue weighted by Crippen LogP contribution is -2.37. The van der Waals surface area contributed by atoms with E-state index < -0.39 is 8.07 Å². The molecule has 39 heavy (non-hydrogen) atoms. The topological polar surface area (TPSA) is 50.9 Å². The largest absolute Gasteiger partial charge is 0.507 e. The first-order valence-corrected chi connectivity index (χ1v) is 17.1. The van der Waals surface area contributed by atoms with E-state index in [0.717, 1.165) is 50.4 Å². The summed E-state index contributed by atoms with van der Waals surface area (Å²) in [6.45, 7) is 18.0. The van der Waals surface area contributed by atoms with Gasteiger partial charge in [-0.25, -0.2) is 4.98 Å². The summed E-state index contributed by atoms with van der Waals surface area (Å²) in [6, 6.07) is 21.5. The third-order valence-corrected chi connectivity index (χ3v) is 9.59. The third-order valence-electron chi connectivity index (χ3n) is 7.57. The molecule has 0 spiro atoms. The number of nitrogens with zero attached hydrogens (tertiary/aromatic N) is 3. The van der Waals surface area contributed by atoms with Gasteiger partial charge in [-0.3, -0.25) is 4.98 Å². The van der Waals surface area contributed by atoms with Gasteiger partial charge in [0.2, 0.25) is 0 Å². The summed E-state index contributed by atoms with van der Waals surface area (Å²) in [5.41, 5.74) is 10.6. The number of fused-ring (bicyclic) bond motifs is 1. The highest BCUT2D eigenvalue weighted by Crippen LogP contribution is 2.38. The average molecular weight is 534 g/mol. The second-order valence-corrected chi connectivity index (χ2v) is 18.0. The molecule has 0 bridgehead atoms. The van der Waals surface area contributed by atoms with Crippen LogP contribution in [0.2, 0.25) is 19.6 Å². The zero-order valence-corrected chi connectivity index (χ0v) is 25.6. The van der Waals surface area contributed by atoms with E-state index in [-0.39, 0.29) is 11.2 Å². The van der Waals surface area contributed by atoms with Crippen LogP contribution >= 0.6 is 0 Å². The maximum atomic E-state index is 10.8. The van der Waals surface area contributed by atoms with Crippen LogP contribution in [0.15, 0.2) is 66.9 Å². The summed E-state index contributed by atoms with van der Waals surface area (Å²) >= 11 is 0. The fourth-order valence-electron chi connectivity index (χ4n) is 5.07. The SMILES string of the molecule is Cc1ccnc(-c2cc(-c3cc([Si](C)(C)C)cc4c3nc(-c3ccc(C)cc3O)n4C)cc(C(C)(C)C)c2)c1. The molecule has 200 valence electrons. The summed E-state index contributed by atoms with van der Waals surface area (Å²) in [6.07, 6.45) is 1.89. The van der Waals surface area contributed by atoms with Gasteiger partial charge in [-0.15, -0.1) is 0 Å². The zero-order valence-electron chi connectivity index (χ0n) is 24.6. The minimum Gasteiger partial charge on any atom is -0.507 e. The van der Waals surface area contributed by atoms with Gasteiger partial charge in [0.25, 0.3) is 0 Å². The van der Waals surface area contributed by atoms with Crippen molar-refractivity contribution < 1.29 is 5.11 Å². The summed E-state index contributed by atoms with van der Waals surface area (Å²) < 4.78 is 2.13. The first-order chi connectivity index (χ1) is 18.2. The van der Waals surface area contributed by atoms with Crippen molar-refractivity contribution in [1.82, 2.24) is 14.5 Å². The summed E-state index contributed by atoms with van der Waals surface area (Å²) in [4.78, 5) is 9.90. The first kappa shape index (κ1) is 26.9. The second-order valence-electron chi connectivity index (χ2n) is 12.9. The van der Waals surface area contributed by atoms with Gasteiger partial charge in [-0.05, 0) is 84.0 Å². The van der Waals surface area contributed by atoms with Crippen molar-refractivity contribution >= 4 is 24.3 Å². The standard InChI is InChI=1S/C34H39N3OSi/c1-21-10-11-27(31(38)15-21)33-36-32-28(19-26(39(7,8)9)20-30(32)37(33)6)23-16-24(18-25(17-23)34(3,4)5)29-14-22(2)12-13-35-29/h10-20,38H,1-9H3. The Hall–Kier alpha value is -3.70. The molecule has 0 aliphatic carbocycles. The Morgan fingerprint density at radius 1 is 0.795 bits per heavy atom. The van der Waals surface area contributed by atoms with Crippen LogP contribution in [-0.2, 0) is 12.5 Å². The van der Waals surface area contributed by atoms with Crippen molar-refractivity contribution in [2.45, 2.75) is 59.7 Å². The average Bonchev–Trinajstić information content (AvgIpc) is 3.18. The van der Waals surface area contributed by atoms with Crippen LogP contribution in [0.4, 0.5) is 0 Å². The molecule has 2 heterocycles. The Morgan fingerprint density at radius 2 is 1.49 bits per heavy atom. The number of aryl methyl sites for hydroxylation is 3. The number of phenolic OH excluding ortho intramolecular Hbond substituents is 1. The van der Waals surface area contributed by atoms with E-state index >= 15 is 0 Å². The van der Waals surface area contributed by atoms with E-state index in [1.807, 2.05) is 31.3 Å².